The second-order valence-corrected chi connectivity index (χ2v) is 6.03. The van der Waals surface area contributed by atoms with E-state index >= 15 is 0 Å². The molecule has 0 saturated carbocycles. The van der Waals surface area contributed by atoms with Gasteiger partial charge in [0.05, 0.1) is 6.54 Å². The average Bonchev–Trinajstić information content (AvgIpc) is 2.83. The second-order valence-electron chi connectivity index (χ2n) is 4.65. The minimum atomic E-state index is -1.03. The van der Waals surface area contributed by atoms with Crippen molar-refractivity contribution in [3.63, 3.8) is 0 Å². The lowest BCUT2D eigenvalue weighted by Crippen LogP contribution is -2.25. The number of aryl methyl sites for hydroxylation is 1. The Bertz CT molecular complexity index is 631. The van der Waals surface area contributed by atoms with Crippen molar-refractivity contribution in [1.82, 2.24) is 4.90 Å². The van der Waals surface area contributed by atoms with Gasteiger partial charge in [0, 0.05) is 34.6 Å². The van der Waals surface area contributed by atoms with Gasteiger partial charge < -0.3 is 9.32 Å². The third kappa shape index (κ3) is 3.36. The molecule has 2 aromatic rings. The largest absolute Gasteiger partial charge is 0.464 e. The lowest BCUT2D eigenvalue weighted by molar-refractivity contribution is 0.0775. The van der Waals surface area contributed by atoms with Gasteiger partial charge in [-0.2, -0.15) is 0 Å². The SMILES string of the molecule is Cc1ccc(CN(C)C(=O)c2ccc(S(C)=O)cc2)o1. The summed E-state index contributed by atoms with van der Waals surface area (Å²) in [7, 11) is 0.698. The van der Waals surface area contributed by atoms with Crippen LogP contribution in [0.3, 0.4) is 0 Å². The van der Waals surface area contributed by atoms with Crippen LogP contribution in [-0.2, 0) is 17.3 Å². The van der Waals surface area contributed by atoms with Gasteiger partial charge >= 0.3 is 0 Å². The van der Waals surface area contributed by atoms with Crippen LogP contribution in [0.5, 0.6) is 0 Å². The van der Waals surface area contributed by atoms with Crippen LogP contribution in [0.1, 0.15) is 21.9 Å². The first-order valence-corrected chi connectivity index (χ1v) is 7.77. The molecule has 1 aromatic carbocycles. The molecule has 0 aliphatic rings. The molecule has 0 fully saturated rings. The van der Waals surface area contributed by atoms with Crippen LogP contribution in [0, 0.1) is 6.92 Å². The van der Waals surface area contributed by atoms with E-state index in [1.54, 1.807) is 42.5 Å². The number of carbonyl (C=O) groups is 1. The molecule has 106 valence electrons. The molecule has 0 aliphatic heterocycles. The maximum atomic E-state index is 12.2. The Morgan fingerprint density at radius 2 is 1.85 bits per heavy atom. The Hall–Kier alpha value is -1.88. The van der Waals surface area contributed by atoms with Crippen molar-refractivity contribution in [3.8, 4) is 0 Å². The van der Waals surface area contributed by atoms with Crippen molar-refractivity contribution in [2.24, 2.45) is 0 Å². The highest BCUT2D eigenvalue weighted by molar-refractivity contribution is 7.84. The maximum Gasteiger partial charge on any atom is 0.254 e. The summed E-state index contributed by atoms with van der Waals surface area (Å²) in [5.74, 6) is 1.49. The van der Waals surface area contributed by atoms with Crippen LogP contribution < -0.4 is 0 Å². The van der Waals surface area contributed by atoms with Crippen LogP contribution in [0.15, 0.2) is 45.7 Å². The Kier molecular flexibility index (Phi) is 4.39. The monoisotopic (exact) mass is 291 g/mol. The fourth-order valence-corrected chi connectivity index (χ4v) is 2.40. The van der Waals surface area contributed by atoms with E-state index in [2.05, 4.69) is 0 Å². The van der Waals surface area contributed by atoms with E-state index in [4.69, 9.17) is 4.42 Å². The van der Waals surface area contributed by atoms with Gasteiger partial charge in [-0.25, -0.2) is 0 Å². The van der Waals surface area contributed by atoms with Crippen molar-refractivity contribution >= 4 is 16.7 Å². The average molecular weight is 291 g/mol. The molecule has 1 unspecified atom stereocenters. The van der Waals surface area contributed by atoms with E-state index in [0.29, 0.717) is 17.0 Å². The van der Waals surface area contributed by atoms with E-state index in [0.717, 1.165) is 11.5 Å². The van der Waals surface area contributed by atoms with Gasteiger partial charge in [-0.05, 0) is 43.3 Å². The summed E-state index contributed by atoms with van der Waals surface area (Å²) in [5.41, 5.74) is 0.574. The highest BCUT2D eigenvalue weighted by atomic mass is 32.2. The van der Waals surface area contributed by atoms with Crippen molar-refractivity contribution in [2.45, 2.75) is 18.4 Å². The zero-order valence-corrected chi connectivity index (χ0v) is 12.6. The first-order valence-electron chi connectivity index (χ1n) is 6.21. The van der Waals surface area contributed by atoms with E-state index in [-0.39, 0.29) is 5.91 Å². The zero-order valence-electron chi connectivity index (χ0n) is 11.8. The lowest BCUT2D eigenvalue weighted by atomic mass is 10.2. The van der Waals surface area contributed by atoms with Crippen LogP contribution in [0.4, 0.5) is 0 Å². The molecule has 0 spiro atoms. The molecule has 0 saturated heterocycles. The number of hydrogen-bond acceptors (Lipinski definition) is 3. The number of furan rings is 1. The summed E-state index contributed by atoms with van der Waals surface area (Å²) in [6, 6.07) is 10.6. The first-order chi connectivity index (χ1) is 9.47. The Balaban J connectivity index is 2.08. The molecule has 0 aliphatic carbocycles. The van der Waals surface area contributed by atoms with Crippen LogP contribution in [0.2, 0.25) is 0 Å². The van der Waals surface area contributed by atoms with Crippen LogP contribution in [-0.4, -0.2) is 28.3 Å². The van der Waals surface area contributed by atoms with Crippen LogP contribution >= 0.6 is 0 Å². The zero-order chi connectivity index (χ0) is 14.7. The normalized spacial score (nSPS) is 12.2. The fourth-order valence-electron chi connectivity index (χ4n) is 1.89. The fraction of sp³-hybridized carbons (Fsp3) is 0.267. The number of benzene rings is 1. The molecule has 2 rings (SSSR count). The smallest absolute Gasteiger partial charge is 0.254 e. The highest BCUT2D eigenvalue weighted by Gasteiger charge is 2.13. The summed E-state index contributed by atoms with van der Waals surface area (Å²) in [5, 5.41) is 0. The Labute approximate surface area is 120 Å². The Morgan fingerprint density at radius 1 is 1.20 bits per heavy atom. The first kappa shape index (κ1) is 14.5. The van der Waals surface area contributed by atoms with E-state index in [1.807, 2.05) is 19.1 Å². The van der Waals surface area contributed by atoms with Gasteiger partial charge in [-0.3, -0.25) is 9.00 Å². The molecule has 1 atom stereocenters. The number of rotatable bonds is 4. The number of hydrogen-bond donors (Lipinski definition) is 0. The van der Waals surface area contributed by atoms with Gasteiger partial charge in [-0.1, -0.05) is 0 Å². The Morgan fingerprint density at radius 3 is 2.35 bits per heavy atom. The molecular weight excluding hydrogens is 274 g/mol. The van der Waals surface area contributed by atoms with Crippen molar-refractivity contribution in [1.29, 1.82) is 0 Å². The predicted octanol–water partition coefficient (Wildman–Crippen LogP) is 2.60. The van der Waals surface area contributed by atoms with Gasteiger partial charge in [0.2, 0.25) is 0 Å². The summed E-state index contributed by atoms with van der Waals surface area (Å²) in [6.07, 6.45) is 1.61. The number of amides is 1. The molecular formula is C15H17NO3S. The molecule has 1 aromatic heterocycles. The third-order valence-corrected chi connectivity index (χ3v) is 3.90. The van der Waals surface area contributed by atoms with Crippen molar-refractivity contribution in [3.05, 3.63) is 53.5 Å². The van der Waals surface area contributed by atoms with Crippen LogP contribution in [0.25, 0.3) is 0 Å². The van der Waals surface area contributed by atoms with E-state index in [9.17, 15) is 9.00 Å². The summed E-state index contributed by atoms with van der Waals surface area (Å²) in [4.78, 5) is 14.6. The quantitative estimate of drug-likeness (QED) is 0.870. The molecule has 20 heavy (non-hydrogen) atoms. The molecule has 0 N–H and O–H groups in total. The molecule has 0 radical (unpaired) electrons. The van der Waals surface area contributed by atoms with Gasteiger partial charge in [0.15, 0.2) is 0 Å². The van der Waals surface area contributed by atoms with Gasteiger partial charge in [-0.15, -0.1) is 0 Å². The lowest BCUT2D eigenvalue weighted by Gasteiger charge is -2.15. The summed E-state index contributed by atoms with van der Waals surface area (Å²) >= 11 is 0. The minimum absolute atomic E-state index is 0.0903. The minimum Gasteiger partial charge on any atom is -0.464 e. The van der Waals surface area contributed by atoms with E-state index < -0.39 is 10.8 Å². The summed E-state index contributed by atoms with van der Waals surface area (Å²) in [6.45, 7) is 2.29. The number of carbonyl (C=O) groups excluding carboxylic acids is 1. The second kappa shape index (κ2) is 6.05. The molecule has 1 heterocycles. The maximum absolute atomic E-state index is 12.2. The molecule has 1 amide bonds. The topological polar surface area (TPSA) is 50.5 Å². The van der Waals surface area contributed by atoms with E-state index in [1.165, 1.54) is 0 Å². The highest BCUT2D eigenvalue weighted by Crippen LogP contribution is 2.13. The summed E-state index contributed by atoms with van der Waals surface area (Å²) < 4.78 is 16.8. The number of nitrogens with zero attached hydrogens (tertiary/aromatic N) is 1. The standard InChI is InChI=1S/C15H17NO3S/c1-11-4-7-13(19-11)10-16(2)15(17)12-5-8-14(9-6-12)20(3)18/h4-9H,10H2,1-3H3. The van der Waals surface area contributed by atoms with Gasteiger partial charge in [0.25, 0.3) is 5.91 Å². The van der Waals surface area contributed by atoms with Gasteiger partial charge in [0.1, 0.15) is 11.5 Å². The molecule has 0 bridgehead atoms. The molecule has 5 heteroatoms. The third-order valence-electron chi connectivity index (χ3n) is 2.97. The van der Waals surface area contributed by atoms with Crippen molar-refractivity contribution < 1.29 is 13.4 Å². The predicted molar refractivity (Wildman–Crippen MR) is 78.0 cm³/mol. The van der Waals surface area contributed by atoms with Crippen molar-refractivity contribution in [2.75, 3.05) is 13.3 Å². The molecule has 4 nitrogen and oxygen atoms in total.